The maximum atomic E-state index is 12.3. The summed E-state index contributed by atoms with van der Waals surface area (Å²) in [5.41, 5.74) is 1.73. The first kappa shape index (κ1) is 20.6. The van der Waals surface area contributed by atoms with Gasteiger partial charge in [0.05, 0.1) is 10.1 Å². The zero-order chi connectivity index (χ0) is 19.1. The van der Waals surface area contributed by atoms with Gasteiger partial charge < -0.3 is 10.1 Å². The van der Waals surface area contributed by atoms with Crippen LogP contribution in [0.1, 0.15) is 66.0 Å². The van der Waals surface area contributed by atoms with Crippen LogP contribution in [0.4, 0.5) is 0 Å². The second-order valence-corrected chi connectivity index (χ2v) is 10.1. The zero-order valence-electron chi connectivity index (χ0n) is 15.9. The van der Waals surface area contributed by atoms with E-state index in [4.69, 9.17) is 4.74 Å². The molecule has 1 aromatic carbocycles. The van der Waals surface area contributed by atoms with Crippen molar-refractivity contribution in [3.05, 3.63) is 35.4 Å². The van der Waals surface area contributed by atoms with Crippen LogP contribution < -0.4 is 5.32 Å². The summed E-state index contributed by atoms with van der Waals surface area (Å²) in [6, 6.07) is 7.61. The van der Waals surface area contributed by atoms with Crippen molar-refractivity contribution in [3.8, 4) is 0 Å². The Balaban J connectivity index is 1.46. The van der Waals surface area contributed by atoms with Gasteiger partial charge in [-0.1, -0.05) is 31.4 Å². The lowest BCUT2D eigenvalue weighted by Crippen LogP contribution is -2.38. The zero-order valence-corrected chi connectivity index (χ0v) is 17.6. The van der Waals surface area contributed by atoms with Crippen LogP contribution in [0.3, 0.4) is 0 Å². The maximum Gasteiger partial charge on any atom is 0.338 e. The number of hydrogen-bond donors (Lipinski definition) is 1. The van der Waals surface area contributed by atoms with Crippen LogP contribution in [-0.2, 0) is 9.53 Å². The Bertz CT molecular complexity index is 623. The summed E-state index contributed by atoms with van der Waals surface area (Å²) < 4.78 is 5.81. The third-order valence-electron chi connectivity index (χ3n) is 5.19. The summed E-state index contributed by atoms with van der Waals surface area (Å²) in [6.45, 7) is 2.32. The van der Waals surface area contributed by atoms with Crippen LogP contribution in [0, 0.1) is 5.92 Å². The fourth-order valence-electron chi connectivity index (χ4n) is 3.52. The molecule has 1 aliphatic carbocycles. The van der Waals surface area contributed by atoms with Crippen molar-refractivity contribution >= 4 is 35.4 Å². The molecule has 4 nitrogen and oxygen atoms in total. The highest BCUT2D eigenvalue weighted by molar-refractivity contribution is 8.16. The van der Waals surface area contributed by atoms with Crippen LogP contribution in [-0.4, -0.2) is 36.0 Å². The number of benzene rings is 1. The Kier molecular flexibility index (Phi) is 7.94. The largest absolute Gasteiger partial charge is 0.449 e. The Hall–Kier alpha value is -1.14. The predicted molar refractivity (Wildman–Crippen MR) is 113 cm³/mol. The number of amides is 1. The molecule has 3 rings (SSSR count). The number of carbonyl (C=O) groups is 2. The van der Waals surface area contributed by atoms with Crippen LogP contribution in [0.25, 0.3) is 0 Å². The van der Waals surface area contributed by atoms with Crippen molar-refractivity contribution in [2.75, 3.05) is 18.1 Å². The lowest BCUT2D eigenvalue weighted by molar-refractivity contribution is -0.129. The quantitative estimate of drug-likeness (QED) is 0.687. The first-order valence-corrected chi connectivity index (χ1v) is 12.0. The van der Waals surface area contributed by atoms with E-state index in [0.29, 0.717) is 22.6 Å². The molecule has 6 heteroatoms. The van der Waals surface area contributed by atoms with Crippen LogP contribution in [0.15, 0.2) is 24.3 Å². The van der Waals surface area contributed by atoms with Gasteiger partial charge in [0.1, 0.15) is 0 Å². The number of hydrogen-bond acceptors (Lipinski definition) is 5. The van der Waals surface area contributed by atoms with E-state index in [0.717, 1.165) is 0 Å². The first-order valence-electron chi connectivity index (χ1n) is 9.95. The summed E-state index contributed by atoms with van der Waals surface area (Å²) in [7, 11) is 0. The van der Waals surface area contributed by atoms with E-state index in [1.54, 1.807) is 19.1 Å². The minimum Gasteiger partial charge on any atom is -0.449 e. The van der Waals surface area contributed by atoms with Crippen molar-refractivity contribution in [1.29, 1.82) is 0 Å². The third kappa shape index (κ3) is 6.18. The van der Waals surface area contributed by atoms with Gasteiger partial charge in [0, 0.05) is 6.54 Å². The van der Waals surface area contributed by atoms with E-state index in [-0.39, 0.29) is 5.91 Å². The summed E-state index contributed by atoms with van der Waals surface area (Å²) in [6.07, 6.45) is 6.64. The van der Waals surface area contributed by atoms with Crippen molar-refractivity contribution < 1.29 is 14.3 Å². The fourth-order valence-corrected chi connectivity index (χ4v) is 6.41. The maximum absolute atomic E-state index is 12.3. The highest BCUT2D eigenvalue weighted by atomic mass is 32.2. The Labute approximate surface area is 170 Å². The van der Waals surface area contributed by atoms with Gasteiger partial charge in [-0.3, -0.25) is 4.79 Å². The predicted octanol–water partition coefficient (Wildman–Crippen LogP) is 4.80. The molecule has 0 aromatic heterocycles. The second-order valence-electron chi connectivity index (χ2n) is 7.35. The molecular formula is C21H29NO3S2. The molecule has 1 N–H and O–H groups in total. The van der Waals surface area contributed by atoms with Crippen LogP contribution >= 0.6 is 23.5 Å². The highest BCUT2D eigenvalue weighted by Crippen LogP contribution is 2.43. The number of ether oxygens (including phenoxy) is 1. The summed E-state index contributed by atoms with van der Waals surface area (Å²) in [5, 5.41) is 2.94. The van der Waals surface area contributed by atoms with Crippen LogP contribution in [0.2, 0.25) is 0 Å². The topological polar surface area (TPSA) is 55.4 Å². The smallest absolute Gasteiger partial charge is 0.338 e. The Morgan fingerprint density at radius 2 is 1.74 bits per heavy atom. The molecule has 148 valence electrons. The SMILES string of the molecule is CC(OC(=O)c1ccc(C2SCCCS2)cc1)C(=O)NCC1CCCCC1. The minimum atomic E-state index is -0.773. The molecule has 0 bridgehead atoms. The molecule has 1 saturated carbocycles. The number of nitrogens with one attached hydrogen (secondary N) is 1. The van der Waals surface area contributed by atoms with Gasteiger partial charge in [-0.05, 0) is 61.3 Å². The molecule has 1 unspecified atom stereocenters. The molecule has 0 radical (unpaired) electrons. The van der Waals surface area contributed by atoms with Crippen molar-refractivity contribution in [3.63, 3.8) is 0 Å². The highest BCUT2D eigenvalue weighted by Gasteiger charge is 2.22. The average molecular weight is 408 g/mol. The number of carbonyl (C=O) groups excluding carboxylic acids is 2. The van der Waals surface area contributed by atoms with E-state index < -0.39 is 12.1 Å². The van der Waals surface area contributed by atoms with Gasteiger partial charge in [0.15, 0.2) is 6.10 Å². The lowest BCUT2D eigenvalue weighted by Gasteiger charge is -2.22. The molecule has 1 saturated heterocycles. The first-order chi connectivity index (χ1) is 13.1. The van der Waals surface area contributed by atoms with E-state index in [1.807, 2.05) is 35.7 Å². The molecule has 2 fully saturated rings. The normalized spacial score (nSPS) is 20.0. The summed E-state index contributed by atoms with van der Waals surface area (Å²) >= 11 is 3.91. The molecule has 1 amide bonds. The Morgan fingerprint density at radius 1 is 1.07 bits per heavy atom. The number of rotatable bonds is 6. The fraction of sp³-hybridized carbons (Fsp3) is 0.619. The molecular weight excluding hydrogens is 378 g/mol. The second kappa shape index (κ2) is 10.4. The molecule has 0 spiro atoms. The van der Waals surface area contributed by atoms with Crippen molar-refractivity contribution in [2.45, 2.75) is 56.1 Å². The van der Waals surface area contributed by atoms with Gasteiger partial charge >= 0.3 is 5.97 Å². The lowest BCUT2D eigenvalue weighted by atomic mass is 9.89. The van der Waals surface area contributed by atoms with Crippen LogP contribution in [0.5, 0.6) is 0 Å². The van der Waals surface area contributed by atoms with Gasteiger partial charge in [0.2, 0.25) is 0 Å². The van der Waals surface area contributed by atoms with Crippen molar-refractivity contribution in [1.82, 2.24) is 5.32 Å². The molecule has 27 heavy (non-hydrogen) atoms. The molecule has 1 heterocycles. The average Bonchev–Trinajstić information content (AvgIpc) is 2.73. The standard InChI is InChI=1S/C21H29NO3S2/c1-15(19(23)22-14-16-6-3-2-4-7-16)25-20(24)17-8-10-18(11-9-17)21-26-12-5-13-27-21/h8-11,15-16,21H,2-7,12-14H2,1H3,(H,22,23). The molecule has 1 aromatic rings. The van der Waals surface area contributed by atoms with Gasteiger partial charge in [-0.2, -0.15) is 0 Å². The van der Waals surface area contributed by atoms with E-state index in [1.165, 1.54) is 55.6 Å². The molecule has 1 aliphatic heterocycles. The van der Waals surface area contributed by atoms with E-state index in [9.17, 15) is 9.59 Å². The third-order valence-corrected chi connectivity index (χ3v) is 8.20. The van der Waals surface area contributed by atoms with Gasteiger partial charge in [0.25, 0.3) is 5.91 Å². The minimum absolute atomic E-state index is 0.208. The monoisotopic (exact) mass is 407 g/mol. The molecule has 2 aliphatic rings. The Morgan fingerprint density at radius 3 is 2.41 bits per heavy atom. The van der Waals surface area contributed by atoms with E-state index >= 15 is 0 Å². The number of thioether (sulfide) groups is 2. The van der Waals surface area contributed by atoms with E-state index in [2.05, 4.69) is 5.32 Å². The van der Waals surface area contributed by atoms with Gasteiger partial charge in [-0.25, -0.2) is 4.79 Å². The van der Waals surface area contributed by atoms with Crippen molar-refractivity contribution in [2.24, 2.45) is 5.92 Å². The van der Waals surface area contributed by atoms with Gasteiger partial charge in [-0.15, -0.1) is 23.5 Å². The molecule has 1 atom stereocenters. The number of esters is 1. The summed E-state index contributed by atoms with van der Waals surface area (Å²) in [5.74, 6) is 2.30. The summed E-state index contributed by atoms with van der Waals surface area (Å²) in [4.78, 5) is 24.6.